The average molecular weight is 335 g/mol. The molecule has 1 amide bonds. The Bertz CT molecular complexity index is 712. The van der Waals surface area contributed by atoms with E-state index < -0.39 is 22.8 Å². The summed E-state index contributed by atoms with van der Waals surface area (Å²) in [6.07, 6.45) is 5.37. The number of primary amides is 1. The summed E-state index contributed by atoms with van der Waals surface area (Å²) in [6.45, 7) is 1.69. The molecule has 3 N–H and O–H groups in total. The van der Waals surface area contributed by atoms with Crippen molar-refractivity contribution >= 4 is 16.7 Å². The topological polar surface area (TPSA) is 98.2 Å². The number of hydrogen-bond acceptors (Lipinski definition) is 4. The van der Waals surface area contributed by atoms with E-state index >= 15 is 0 Å². The van der Waals surface area contributed by atoms with Crippen molar-refractivity contribution in [1.82, 2.24) is 9.55 Å². The van der Waals surface area contributed by atoms with Gasteiger partial charge >= 0.3 is 0 Å². The van der Waals surface area contributed by atoms with E-state index in [9.17, 15) is 14.1 Å². The molecule has 0 fully saturated rings. The Hall–Kier alpha value is -1.99. The molecule has 6 nitrogen and oxygen atoms in total. The third-order valence-corrected chi connectivity index (χ3v) is 4.80. The fourth-order valence-corrected chi connectivity index (χ4v) is 3.39. The van der Waals surface area contributed by atoms with Crippen LogP contribution in [0.5, 0.6) is 0 Å². The second-order valence-corrected chi connectivity index (χ2v) is 6.83. The van der Waals surface area contributed by atoms with Crippen molar-refractivity contribution in [1.29, 1.82) is 0 Å². The summed E-state index contributed by atoms with van der Waals surface area (Å²) < 4.78 is 13.5. The number of nitrogens with zero attached hydrogens (tertiary/aromatic N) is 2. The minimum atomic E-state index is -1.06. The molecule has 1 aromatic heterocycles. The number of aliphatic hydroxyl groups excluding tert-OH is 1. The molecule has 2 rings (SSSR count). The highest BCUT2D eigenvalue weighted by Crippen LogP contribution is 2.22. The van der Waals surface area contributed by atoms with Crippen molar-refractivity contribution in [3.8, 4) is 0 Å². The summed E-state index contributed by atoms with van der Waals surface area (Å²) in [6, 6.07) is 7.32. The lowest BCUT2D eigenvalue weighted by atomic mass is 10.0. The van der Waals surface area contributed by atoms with E-state index in [0.29, 0.717) is 12.8 Å². The summed E-state index contributed by atoms with van der Waals surface area (Å²) in [4.78, 5) is 15.9. The van der Waals surface area contributed by atoms with Crippen molar-refractivity contribution in [2.75, 3.05) is 6.26 Å². The molecule has 0 aliphatic rings. The number of imidazole rings is 1. The zero-order valence-corrected chi connectivity index (χ0v) is 14.0. The molecule has 3 atom stereocenters. The molecule has 2 aromatic rings. The quantitative estimate of drug-likeness (QED) is 0.796. The molecule has 0 saturated carbocycles. The largest absolute Gasteiger partial charge is 0.391 e. The summed E-state index contributed by atoms with van der Waals surface area (Å²) in [5, 5.41) is 10.0. The van der Waals surface area contributed by atoms with Gasteiger partial charge in [-0.3, -0.25) is 9.00 Å². The van der Waals surface area contributed by atoms with Gasteiger partial charge in [0.25, 0.3) is 5.91 Å². The Labute approximate surface area is 137 Å². The van der Waals surface area contributed by atoms with E-state index in [0.717, 1.165) is 10.5 Å². The number of hydrogen-bond donors (Lipinski definition) is 2. The first-order valence-electron chi connectivity index (χ1n) is 7.32. The fourth-order valence-electron chi connectivity index (χ4n) is 2.58. The molecule has 0 saturated heterocycles. The van der Waals surface area contributed by atoms with Crippen molar-refractivity contribution in [2.24, 2.45) is 5.73 Å². The lowest BCUT2D eigenvalue weighted by molar-refractivity contribution is 0.0994. The van der Waals surface area contributed by atoms with Crippen LogP contribution in [0.1, 0.15) is 35.4 Å². The monoisotopic (exact) mass is 335 g/mol. The van der Waals surface area contributed by atoms with Gasteiger partial charge < -0.3 is 15.4 Å². The van der Waals surface area contributed by atoms with Crippen LogP contribution >= 0.6 is 0 Å². The SMILES string of the molecule is CC(O)C(CCc1ccccc1S(C)=O)n1cnc(C(N)=O)c1. The van der Waals surface area contributed by atoms with Gasteiger partial charge in [-0.25, -0.2) is 4.98 Å². The van der Waals surface area contributed by atoms with Crippen molar-refractivity contribution in [3.05, 3.63) is 48.0 Å². The summed E-state index contributed by atoms with van der Waals surface area (Å²) >= 11 is 0. The second kappa shape index (κ2) is 7.52. The second-order valence-electron chi connectivity index (χ2n) is 5.48. The van der Waals surface area contributed by atoms with Gasteiger partial charge in [-0.05, 0) is 31.4 Å². The zero-order chi connectivity index (χ0) is 17.0. The molecule has 0 aliphatic heterocycles. The third-order valence-electron chi connectivity index (χ3n) is 3.79. The van der Waals surface area contributed by atoms with Crippen molar-refractivity contribution in [3.63, 3.8) is 0 Å². The van der Waals surface area contributed by atoms with Crippen LogP contribution in [-0.2, 0) is 17.2 Å². The van der Waals surface area contributed by atoms with Crippen LogP contribution in [0.2, 0.25) is 0 Å². The Morgan fingerprint density at radius 1 is 1.43 bits per heavy atom. The Balaban J connectivity index is 2.17. The lowest BCUT2D eigenvalue weighted by Gasteiger charge is -2.21. The van der Waals surface area contributed by atoms with E-state index in [1.807, 2.05) is 24.3 Å². The fraction of sp³-hybridized carbons (Fsp3) is 0.375. The van der Waals surface area contributed by atoms with Gasteiger partial charge in [-0.15, -0.1) is 0 Å². The number of nitrogens with two attached hydrogens (primary N) is 1. The first kappa shape index (κ1) is 17.4. The van der Waals surface area contributed by atoms with Crippen LogP contribution in [0.3, 0.4) is 0 Å². The number of carbonyl (C=O) groups is 1. The molecule has 0 spiro atoms. The normalized spacial score (nSPS) is 15.1. The molecule has 23 heavy (non-hydrogen) atoms. The average Bonchev–Trinajstić information content (AvgIpc) is 2.97. The summed E-state index contributed by atoms with van der Waals surface area (Å²) in [5.41, 5.74) is 6.38. The first-order chi connectivity index (χ1) is 10.9. The zero-order valence-electron chi connectivity index (χ0n) is 13.2. The van der Waals surface area contributed by atoms with E-state index in [-0.39, 0.29) is 11.7 Å². The van der Waals surface area contributed by atoms with Crippen LogP contribution in [-0.4, -0.2) is 37.1 Å². The number of benzene rings is 1. The predicted molar refractivity (Wildman–Crippen MR) is 88.6 cm³/mol. The minimum Gasteiger partial charge on any atom is -0.391 e. The van der Waals surface area contributed by atoms with Gasteiger partial charge in [0.15, 0.2) is 0 Å². The molecule has 1 aromatic carbocycles. The van der Waals surface area contributed by atoms with Crippen LogP contribution in [0.25, 0.3) is 0 Å². The Morgan fingerprint density at radius 3 is 2.70 bits per heavy atom. The standard InChI is InChI=1S/C16H21N3O3S/c1-11(20)14(19-9-13(16(17)21)18-10-19)8-7-12-5-3-4-6-15(12)23(2)22/h3-6,9-11,14,20H,7-8H2,1-2H3,(H2,17,21). The third kappa shape index (κ3) is 4.27. The molecule has 124 valence electrons. The highest BCUT2D eigenvalue weighted by Gasteiger charge is 2.19. The van der Waals surface area contributed by atoms with Crippen molar-refractivity contribution in [2.45, 2.75) is 36.8 Å². The van der Waals surface area contributed by atoms with E-state index in [4.69, 9.17) is 5.73 Å². The van der Waals surface area contributed by atoms with Crippen LogP contribution in [0.15, 0.2) is 41.7 Å². The maximum Gasteiger partial charge on any atom is 0.268 e. The lowest BCUT2D eigenvalue weighted by Crippen LogP contribution is -2.21. The maximum atomic E-state index is 11.8. The number of aromatic nitrogens is 2. The molecule has 0 radical (unpaired) electrons. The van der Waals surface area contributed by atoms with E-state index in [1.54, 1.807) is 23.9 Å². The number of aryl methyl sites for hydroxylation is 1. The molecule has 0 aliphatic carbocycles. The number of amides is 1. The van der Waals surface area contributed by atoms with Crippen LogP contribution < -0.4 is 5.73 Å². The summed E-state index contributed by atoms with van der Waals surface area (Å²) in [7, 11) is -1.06. The van der Waals surface area contributed by atoms with Crippen LogP contribution in [0, 0.1) is 0 Å². The van der Waals surface area contributed by atoms with Gasteiger partial charge in [0.2, 0.25) is 0 Å². The molecular formula is C16H21N3O3S. The Morgan fingerprint density at radius 2 is 2.13 bits per heavy atom. The molecule has 3 unspecified atom stereocenters. The van der Waals surface area contributed by atoms with Gasteiger partial charge in [0.1, 0.15) is 5.69 Å². The first-order valence-corrected chi connectivity index (χ1v) is 8.88. The van der Waals surface area contributed by atoms with Gasteiger partial charge in [0.05, 0.1) is 29.3 Å². The summed E-state index contributed by atoms with van der Waals surface area (Å²) in [5.74, 6) is -0.597. The number of rotatable bonds is 7. The highest BCUT2D eigenvalue weighted by atomic mass is 32.2. The van der Waals surface area contributed by atoms with E-state index in [2.05, 4.69) is 4.98 Å². The number of carbonyl (C=O) groups excluding carboxylic acids is 1. The van der Waals surface area contributed by atoms with Gasteiger partial charge in [-0.2, -0.15) is 0 Å². The molecule has 0 bridgehead atoms. The number of aliphatic hydroxyl groups is 1. The molecular weight excluding hydrogens is 314 g/mol. The minimum absolute atomic E-state index is 0.172. The molecule has 1 heterocycles. The van der Waals surface area contributed by atoms with Crippen molar-refractivity contribution < 1.29 is 14.1 Å². The highest BCUT2D eigenvalue weighted by molar-refractivity contribution is 7.84. The molecule has 7 heteroatoms. The smallest absolute Gasteiger partial charge is 0.268 e. The Kier molecular flexibility index (Phi) is 5.68. The van der Waals surface area contributed by atoms with Gasteiger partial charge in [-0.1, -0.05) is 18.2 Å². The van der Waals surface area contributed by atoms with Crippen LogP contribution in [0.4, 0.5) is 0 Å². The van der Waals surface area contributed by atoms with Gasteiger partial charge in [0, 0.05) is 17.3 Å². The maximum absolute atomic E-state index is 11.8. The predicted octanol–water partition coefficient (Wildman–Crippen LogP) is 1.27. The van der Waals surface area contributed by atoms with E-state index in [1.165, 1.54) is 6.33 Å².